The summed E-state index contributed by atoms with van der Waals surface area (Å²) in [5, 5.41) is 5.36. The largest absolute Gasteiger partial charge is 0.387 e. The topological polar surface area (TPSA) is 34.5 Å². The lowest BCUT2D eigenvalue weighted by atomic mass is 10.0. The zero-order chi connectivity index (χ0) is 14.1. The van der Waals surface area contributed by atoms with Crippen LogP contribution in [0.3, 0.4) is 0 Å². The fourth-order valence-electron chi connectivity index (χ4n) is 2.60. The molecule has 0 bridgehead atoms. The van der Waals surface area contributed by atoms with Crippen molar-refractivity contribution in [1.82, 2.24) is 4.98 Å². The van der Waals surface area contributed by atoms with Crippen molar-refractivity contribution >= 4 is 16.6 Å². The van der Waals surface area contributed by atoms with E-state index in [1.165, 1.54) is 0 Å². The van der Waals surface area contributed by atoms with Gasteiger partial charge in [0.05, 0.1) is 11.2 Å². The third-order valence-corrected chi connectivity index (χ3v) is 3.73. The molecular formula is C18H14N2O. The number of pyridine rings is 1. The van der Waals surface area contributed by atoms with E-state index in [1.54, 1.807) is 0 Å². The standard InChI is InChI=1S/C18H14N2O/c1-2-7-14(8-3-1)18-12-17(20-21-18)16-11-10-13-6-4-5-9-15(13)19-16/h1-11,18H,12H2. The summed E-state index contributed by atoms with van der Waals surface area (Å²) in [5.74, 6) is 0. The average molecular weight is 274 g/mol. The fraction of sp³-hybridized carbons (Fsp3) is 0.111. The van der Waals surface area contributed by atoms with E-state index >= 15 is 0 Å². The lowest BCUT2D eigenvalue weighted by molar-refractivity contribution is 0.0857. The van der Waals surface area contributed by atoms with Gasteiger partial charge in [0, 0.05) is 11.8 Å². The van der Waals surface area contributed by atoms with Crippen molar-refractivity contribution in [2.24, 2.45) is 5.16 Å². The molecule has 1 unspecified atom stereocenters. The normalized spacial score (nSPS) is 17.5. The molecule has 0 spiro atoms. The third kappa shape index (κ3) is 2.27. The number of rotatable bonds is 2. The molecule has 1 aliphatic rings. The minimum absolute atomic E-state index is 0.00512. The maximum Gasteiger partial charge on any atom is 0.158 e. The Balaban J connectivity index is 1.62. The molecule has 2 heterocycles. The lowest BCUT2D eigenvalue weighted by Crippen LogP contribution is -2.03. The Kier molecular flexibility index (Phi) is 2.89. The number of fused-ring (bicyclic) bond motifs is 1. The van der Waals surface area contributed by atoms with Crippen molar-refractivity contribution in [3.63, 3.8) is 0 Å². The smallest absolute Gasteiger partial charge is 0.158 e. The number of benzene rings is 2. The molecule has 21 heavy (non-hydrogen) atoms. The first-order chi connectivity index (χ1) is 10.4. The second kappa shape index (κ2) is 5.02. The Bertz CT molecular complexity index is 812. The maximum atomic E-state index is 5.57. The molecule has 0 saturated heterocycles. The minimum Gasteiger partial charge on any atom is -0.387 e. The van der Waals surface area contributed by atoms with Gasteiger partial charge in [-0.05, 0) is 17.7 Å². The van der Waals surface area contributed by atoms with E-state index in [-0.39, 0.29) is 6.10 Å². The van der Waals surface area contributed by atoms with Gasteiger partial charge in [-0.2, -0.15) is 0 Å². The molecule has 0 radical (unpaired) electrons. The second-order valence-corrected chi connectivity index (χ2v) is 5.14. The van der Waals surface area contributed by atoms with Crippen LogP contribution in [0.4, 0.5) is 0 Å². The lowest BCUT2D eigenvalue weighted by Gasteiger charge is -2.07. The first-order valence-electron chi connectivity index (χ1n) is 7.04. The second-order valence-electron chi connectivity index (χ2n) is 5.14. The first kappa shape index (κ1) is 12.1. The summed E-state index contributed by atoms with van der Waals surface area (Å²) >= 11 is 0. The van der Waals surface area contributed by atoms with Crippen LogP contribution in [0.5, 0.6) is 0 Å². The highest BCUT2D eigenvalue weighted by Crippen LogP contribution is 2.29. The van der Waals surface area contributed by atoms with Crippen LogP contribution in [0.1, 0.15) is 23.8 Å². The molecular weight excluding hydrogens is 260 g/mol. The van der Waals surface area contributed by atoms with Gasteiger partial charge in [0.25, 0.3) is 0 Å². The van der Waals surface area contributed by atoms with Crippen molar-refractivity contribution in [3.05, 3.63) is 78.0 Å². The zero-order valence-electron chi connectivity index (χ0n) is 11.4. The summed E-state index contributed by atoms with van der Waals surface area (Å²) in [7, 11) is 0. The molecule has 0 aliphatic carbocycles. The average Bonchev–Trinajstić information content (AvgIpc) is 3.05. The predicted octanol–water partition coefficient (Wildman–Crippen LogP) is 4.10. The fourth-order valence-corrected chi connectivity index (χ4v) is 2.60. The van der Waals surface area contributed by atoms with Gasteiger partial charge >= 0.3 is 0 Å². The Morgan fingerprint density at radius 3 is 2.57 bits per heavy atom. The Hall–Kier alpha value is -2.68. The van der Waals surface area contributed by atoms with Gasteiger partial charge in [-0.3, -0.25) is 0 Å². The predicted molar refractivity (Wildman–Crippen MR) is 83.2 cm³/mol. The molecule has 0 amide bonds. The highest BCUT2D eigenvalue weighted by molar-refractivity contribution is 6.01. The molecule has 3 heteroatoms. The van der Waals surface area contributed by atoms with Crippen LogP contribution in [0.25, 0.3) is 10.9 Å². The Morgan fingerprint density at radius 1 is 0.857 bits per heavy atom. The first-order valence-corrected chi connectivity index (χ1v) is 7.04. The van der Waals surface area contributed by atoms with Crippen LogP contribution in [0.2, 0.25) is 0 Å². The molecule has 0 fully saturated rings. The van der Waals surface area contributed by atoms with Crippen LogP contribution < -0.4 is 0 Å². The van der Waals surface area contributed by atoms with Gasteiger partial charge < -0.3 is 4.84 Å². The van der Waals surface area contributed by atoms with Crippen molar-refractivity contribution in [2.45, 2.75) is 12.5 Å². The molecule has 0 saturated carbocycles. The SMILES string of the molecule is c1ccc(C2CC(c3ccc4ccccc4n3)=NO2)cc1. The zero-order valence-corrected chi connectivity index (χ0v) is 11.4. The van der Waals surface area contributed by atoms with Crippen molar-refractivity contribution in [1.29, 1.82) is 0 Å². The van der Waals surface area contributed by atoms with E-state index < -0.39 is 0 Å². The summed E-state index contributed by atoms with van der Waals surface area (Å²) in [6, 6.07) is 22.4. The van der Waals surface area contributed by atoms with Gasteiger partial charge in [0.15, 0.2) is 6.10 Å². The van der Waals surface area contributed by atoms with Crippen molar-refractivity contribution in [3.8, 4) is 0 Å². The van der Waals surface area contributed by atoms with Crippen molar-refractivity contribution < 1.29 is 4.84 Å². The molecule has 1 aromatic heterocycles. The van der Waals surface area contributed by atoms with E-state index in [1.807, 2.05) is 42.5 Å². The van der Waals surface area contributed by atoms with E-state index in [0.717, 1.165) is 34.3 Å². The number of hydrogen-bond acceptors (Lipinski definition) is 3. The van der Waals surface area contributed by atoms with Crippen LogP contribution in [0, 0.1) is 0 Å². The summed E-state index contributed by atoms with van der Waals surface area (Å²) in [5.41, 5.74) is 3.94. The minimum atomic E-state index is -0.00512. The maximum absolute atomic E-state index is 5.57. The molecule has 4 rings (SSSR count). The molecule has 1 aliphatic heterocycles. The van der Waals surface area contributed by atoms with Gasteiger partial charge in [-0.25, -0.2) is 4.98 Å². The summed E-state index contributed by atoms with van der Waals surface area (Å²) < 4.78 is 0. The highest BCUT2D eigenvalue weighted by Gasteiger charge is 2.24. The number of hydrogen-bond donors (Lipinski definition) is 0. The number of aromatic nitrogens is 1. The Morgan fingerprint density at radius 2 is 1.67 bits per heavy atom. The van der Waals surface area contributed by atoms with Crippen LogP contribution in [-0.2, 0) is 4.84 Å². The molecule has 102 valence electrons. The van der Waals surface area contributed by atoms with E-state index in [4.69, 9.17) is 4.84 Å². The van der Waals surface area contributed by atoms with Gasteiger partial charge in [0.2, 0.25) is 0 Å². The number of para-hydroxylation sites is 1. The molecule has 0 N–H and O–H groups in total. The molecule has 3 nitrogen and oxygen atoms in total. The van der Waals surface area contributed by atoms with E-state index in [2.05, 4.69) is 34.4 Å². The molecule has 1 atom stereocenters. The Labute approximate surface area is 122 Å². The van der Waals surface area contributed by atoms with Gasteiger partial charge in [-0.1, -0.05) is 59.8 Å². The number of oxime groups is 1. The van der Waals surface area contributed by atoms with Crippen LogP contribution in [0.15, 0.2) is 71.9 Å². The molecule has 2 aromatic carbocycles. The monoisotopic (exact) mass is 274 g/mol. The van der Waals surface area contributed by atoms with Crippen LogP contribution in [-0.4, -0.2) is 10.7 Å². The van der Waals surface area contributed by atoms with Gasteiger partial charge in [0.1, 0.15) is 5.71 Å². The van der Waals surface area contributed by atoms with Crippen LogP contribution >= 0.6 is 0 Å². The van der Waals surface area contributed by atoms with Crippen molar-refractivity contribution in [2.75, 3.05) is 0 Å². The van der Waals surface area contributed by atoms with Gasteiger partial charge in [-0.15, -0.1) is 0 Å². The summed E-state index contributed by atoms with van der Waals surface area (Å²) in [4.78, 5) is 10.2. The highest BCUT2D eigenvalue weighted by atomic mass is 16.6. The number of nitrogens with zero attached hydrogens (tertiary/aromatic N) is 2. The summed E-state index contributed by atoms with van der Waals surface area (Å²) in [6.45, 7) is 0. The third-order valence-electron chi connectivity index (χ3n) is 3.73. The molecule has 3 aromatic rings. The van der Waals surface area contributed by atoms with E-state index in [0.29, 0.717) is 0 Å². The quantitative estimate of drug-likeness (QED) is 0.705. The summed E-state index contributed by atoms with van der Waals surface area (Å²) in [6.07, 6.45) is 0.754. The van der Waals surface area contributed by atoms with E-state index in [9.17, 15) is 0 Å².